The van der Waals surface area contributed by atoms with Gasteiger partial charge < -0.3 is 31.3 Å². The van der Waals surface area contributed by atoms with Crippen molar-refractivity contribution < 1.29 is 36.1 Å². The van der Waals surface area contributed by atoms with Gasteiger partial charge in [0.05, 0.1) is 20.1 Å². The summed E-state index contributed by atoms with van der Waals surface area (Å²) < 4.78 is 6.99. The number of esters is 1. The number of aliphatic hydroxyl groups is 1. The monoisotopic (exact) mass is 417 g/mol. The highest BCUT2D eigenvalue weighted by Crippen LogP contribution is 2.42. The molecule has 2 aromatic carbocycles. The molecule has 2 aliphatic heterocycles. The Morgan fingerprint density at radius 3 is 1.85 bits per heavy atom. The van der Waals surface area contributed by atoms with E-state index in [9.17, 15) is 9.90 Å². The highest BCUT2D eigenvalue weighted by molar-refractivity contribution is 5.85. The van der Waals surface area contributed by atoms with Gasteiger partial charge in [-0.1, -0.05) is 60.7 Å². The van der Waals surface area contributed by atoms with E-state index < -0.39 is 17.2 Å². The molecule has 2 saturated heterocycles. The zero-order valence-corrected chi connectivity index (χ0v) is 16.5. The number of hydrogen-bond donors (Lipinski definition) is 1. The number of benzene rings is 2. The summed E-state index contributed by atoms with van der Waals surface area (Å²) in [6, 6.07) is 18.1. The first-order chi connectivity index (χ1) is 12.0. The van der Waals surface area contributed by atoms with Gasteiger partial charge in [0, 0.05) is 12.8 Å². The molecule has 0 spiro atoms. The summed E-state index contributed by atoms with van der Waals surface area (Å²) in [5.74, 6) is -0.569. The molecule has 2 heterocycles. The standard InChI is InChI=1S/C21H24NO3.BrH/c1-22-14-12-20(16-22,13-15-22)25-19(23)21(24,17-8-4-2-5-9-17)18-10-6-3-7-11-18;/h2-11,24H,12-16H2,1H3;1H/q+1;/p-1. The molecular weight excluding hydrogens is 394 g/mol. The van der Waals surface area contributed by atoms with E-state index in [1.54, 1.807) is 24.3 Å². The number of halogens is 1. The minimum atomic E-state index is -1.79. The minimum Gasteiger partial charge on any atom is -1.00 e. The maximum Gasteiger partial charge on any atom is 0.348 e. The highest BCUT2D eigenvalue weighted by atomic mass is 79.9. The number of hydrogen-bond acceptors (Lipinski definition) is 3. The van der Waals surface area contributed by atoms with Gasteiger partial charge in [-0.25, -0.2) is 4.79 Å². The highest BCUT2D eigenvalue weighted by Gasteiger charge is 2.58. The van der Waals surface area contributed by atoms with Crippen LogP contribution in [0.4, 0.5) is 0 Å². The van der Waals surface area contributed by atoms with Crippen molar-refractivity contribution in [1.29, 1.82) is 0 Å². The van der Waals surface area contributed by atoms with E-state index in [1.807, 2.05) is 36.4 Å². The summed E-state index contributed by atoms with van der Waals surface area (Å²) in [6.07, 6.45) is 1.74. The van der Waals surface area contributed by atoms with Crippen LogP contribution < -0.4 is 17.0 Å². The Morgan fingerprint density at radius 2 is 1.46 bits per heavy atom. The van der Waals surface area contributed by atoms with Crippen LogP contribution in [0.3, 0.4) is 0 Å². The molecule has 2 aromatic rings. The van der Waals surface area contributed by atoms with Crippen molar-refractivity contribution in [2.24, 2.45) is 0 Å². The second-order valence-corrected chi connectivity index (χ2v) is 7.74. The summed E-state index contributed by atoms with van der Waals surface area (Å²) in [6.45, 7) is 2.91. The number of likely N-dealkylation sites (N-methyl/N-ethyl adjacent to an activating group) is 1. The Hall–Kier alpha value is -1.69. The van der Waals surface area contributed by atoms with Gasteiger partial charge in [-0.3, -0.25) is 0 Å². The normalized spacial score (nSPS) is 27.0. The Morgan fingerprint density at radius 1 is 1.00 bits per heavy atom. The molecule has 0 radical (unpaired) electrons. The van der Waals surface area contributed by atoms with Crippen LogP contribution in [-0.4, -0.2) is 47.8 Å². The number of carbonyl (C=O) groups is 1. The predicted octanol–water partition coefficient (Wildman–Crippen LogP) is -0.537. The van der Waals surface area contributed by atoms with Gasteiger partial charge >= 0.3 is 5.97 Å². The van der Waals surface area contributed by atoms with E-state index >= 15 is 0 Å². The zero-order valence-electron chi connectivity index (χ0n) is 14.9. The van der Waals surface area contributed by atoms with E-state index in [1.165, 1.54) is 0 Å². The third kappa shape index (κ3) is 3.08. The fraction of sp³-hybridized carbons (Fsp3) is 0.381. The van der Waals surface area contributed by atoms with Crippen LogP contribution in [0.25, 0.3) is 0 Å². The third-order valence-electron chi connectivity index (χ3n) is 5.87. The van der Waals surface area contributed by atoms with Crippen molar-refractivity contribution >= 4 is 5.97 Å². The molecule has 0 aromatic heterocycles. The molecular formula is C21H24BrNO3. The van der Waals surface area contributed by atoms with Crippen LogP contribution in [0.15, 0.2) is 60.7 Å². The van der Waals surface area contributed by atoms with Crippen LogP contribution in [0.5, 0.6) is 0 Å². The first-order valence-electron chi connectivity index (χ1n) is 8.86. The van der Waals surface area contributed by atoms with Gasteiger partial charge in [0.2, 0.25) is 5.60 Å². The predicted molar refractivity (Wildman–Crippen MR) is 94.7 cm³/mol. The Bertz CT molecular complexity index is 731. The Balaban J connectivity index is 0.00000196. The number of piperidine rings is 1. The van der Waals surface area contributed by atoms with Crippen molar-refractivity contribution in [3.05, 3.63) is 71.8 Å². The van der Waals surface area contributed by atoms with Crippen LogP contribution in [-0.2, 0) is 15.1 Å². The Labute approximate surface area is 164 Å². The largest absolute Gasteiger partial charge is 1.00 e. The maximum absolute atomic E-state index is 13.2. The molecule has 138 valence electrons. The molecule has 4 nitrogen and oxygen atoms in total. The third-order valence-corrected chi connectivity index (χ3v) is 5.87. The Kier molecular flexibility index (Phi) is 4.99. The van der Waals surface area contributed by atoms with Crippen molar-refractivity contribution in [2.45, 2.75) is 24.0 Å². The lowest BCUT2D eigenvalue weighted by molar-refractivity contribution is -0.890. The summed E-state index contributed by atoms with van der Waals surface area (Å²) in [7, 11) is 2.21. The fourth-order valence-electron chi connectivity index (χ4n) is 4.36. The lowest BCUT2D eigenvalue weighted by Crippen LogP contribution is -3.00. The van der Waals surface area contributed by atoms with Crippen molar-refractivity contribution in [1.82, 2.24) is 0 Å². The van der Waals surface area contributed by atoms with Crippen LogP contribution in [0.2, 0.25) is 0 Å². The number of ether oxygens (including phenoxy) is 1. The van der Waals surface area contributed by atoms with Gasteiger partial charge in [-0.05, 0) is 11.1 Å². The van der Waals surface area contributed by atoms with E-state index in [0.717, 1.165) is 37.0 Å². The molecule has 1 N–H and O–H groups in total. The molecule has 0 unspecified atom stereocenters. The van der Waals surface area contributed by atoms with Gasteiger partial charge in [0.25, 0.3) is 0 Å². The van der Waals surface area contributed by atoms with E-state index in [-0.39, 0.29) is 17.0 Å². The van der Waals surface area contributed by atoms with Crippen LogP contribution in [0.1, 0.15) is 24.0 Å². The smallest absolute Gasteiger partial charge is 0.348 e. The SMILES string of the molecule is C[N+]12CCC(OC(=O)C(O)(c3ccccc3)c3ccccc3)(CC1)C2.[Br-]. The number of nitrogens with zero attached hydrogens (tertiary/aromatic N) is 1. The van der Waals surface area contributed by atoms with Gasteiger partial charge in [-0.15, -0.1) is 0 Å². The van der Waals surface area contributed by atoms with E-state index in [0.29, 0.717) is 11.1 Å². The molecule has 4 rings (SSSR count). The number of carbonyl (C=O) groups excluding carboxylic acids is 1. The molecule has 0 atom stereocenters. The molecule has 2 bridgehead atoms. The zero-order chi connectivity index (χ0) is 17.5. The number of rotatable bonds is 4. The van der Waals surface area contributed by atoms with Crippen molar-refractivity contribution in [3.63, 3.8) is 0 Å². The summed E-state index contributed by atoms with van der Waals surface area (Å²) in [5.41, 5.74) is -1.14. The summed E-state index contributed by atoms with van der Waals surface area (Å²) in [5, 5.41) is 11.5. The van der Waals surface area contributed by atoms with Crippen molar-refractivity contribution in [2.75, 3.05) is 26.7 Å². The summed E-state index contributed by atoms with van der Waals surface area (Å²) >= 11 is 0. The topological polar surface area (TPSA) is 46.5 Å². The molecule has 0 saturated carbocycles. The first-order valence-corrected chi connectivity index (χ1v) is 8.86. The van der Waals surface area contributed by atoms with E-state index in [4.69, 9.17) is 4.74 Å². The molecule has 26 heavy (non-hydrogen) atoms. The van der Waals surface area contributed by atoms with Gasteiger partial charge in [0.1, 0.15) is 6.54 Å². The molecule has 2 fully saturated rings. The maximum atomic E-state index is 13.2. The average molecular weight is 418 g/mol. The number of fused-ring (bicyclic) bond motifs is 2. The molecule has 2 aliphatic rings. The fourth-order valence-corrected chi connectivity index (χ4v) is 4.36. The van der Waals surface area contributed by atoms with Crippen LogP contribution in [0, 0.1) is 0 Å². The molecule has 5 heteroatoms. The average Bonchev–Trinajstić information content (AvgIpc) is 3.15. The quantitative estimate of drug-likeness (QED) is 0.536. The number of quaternary nitrogens is 1. The van der Waals surface area contributed by atoms with Gasteiger partial charge in [-0.2, -0.15) is 0 Å². The summed E-state index contributed by atoms with van der Waals surface area (Å²) in [4.78, 5) is 13.2. The second-order valence-electron chi connectivity index (χ2n) is 7.74. The second kappa shape index (κ2) is 6.80. The molecule has 0 aliphatic carbocycles. The lowest BCUT2D eigenvalue weighted by atomic mass is 9.86. The van der Waals surface area contributed by atoms with Crippen molar-refractivity contribution in [3.8, 4) is 0 Å². The van der Waals surface area contributed by atoms with E-state index in [2.05, 4.69) is 7.05 Å². The van der Waals surface area contributed by atoms with Crippen LogP contribution >= 0.6 is 0 Å². The minimum absolute atomic E-state index is 0. The molecule has 0 amide bonds. The first kappa shape index (κ1) is 19.1. The lowest BCUT2D eigenvalue weighted by Gasteiger charge is -2.31. The van der Waals surface area contributed by atoms with Gasteiger partial charge in [0.15, 0.2) is 5.60 Å².